The number of aromatic nitrogens is 7. The Bertz CT molecular complexity index is 4020. The number of nitrogens with zero attached hydrogens (tertiary/aromatic N) is 9. The van der Waals surface area contributed by atoms with Crippen LogP contribution in [0.5, 0.6) is 0 Å². The molecule has 496 valence electrons. The minimum absolute atomic E-state index is 0.0166. The summed E-state index contributed by atoms with van der Waals surface area (Å²) in [7, 11) is 5.65. The monoisotopic (exact) mass is 1390 g/mol. The van der Waals surface area contributed by atoms with E-state index in [9.17, 15) is 43.5 Å². The van der Waals surface area contributed by atoms with Gasteiger partial charge in [-0.05, 0) is 63.1 Å². The quantitative estimate of drug-likeness (QED) is 0.0165. The van der Waals surface area contributed by atoms with Gasteiger partial charge in [0.15, 0.2) is 5.78 Å². The van der Waals surface area contributed by atoms with Crippen molar-refractivity contribution in [1.82, 2.24) is 55.7 Å². The number of likely N-dealkylation sites (tertiary alicyclic amines) is 1. The number of urea groups is 1. The number of carbonyl (C=O) groups excluding carboxylic acids is 8. The predicted octanol–water partition coefficient (Wildman–Crippen LogP) is 9.77. The molecule has 8 heterocycles. The molecule has 0 radical (unpaired) electrons. The van der Waals surface area contributed by atoms with Crippen molar-refractivity contribution in [3.05, 3.63) is 111 Å². The third-order valence-corrected chi connectivity index (χ3v) is 21.2. The zero-order valence-corrected chi connectivity index (χ0v) is 57.7. The maximum Gasteiger partial charge on any atom is 0.325 e. The normalized spacial score (nSPS) is 13.8. The van der Waals surface area contributed by atoms with Crippen LogP contribution in [0, 0.1) is 18.8 Å². The maximum atomic E-state index is 14.5. The lowest BCUT2D eigenvalue weighted by atomic mass is 9.90. The highest BCUT2D eigenvalue weighted by Crippen LogP contribution is 2.41. The van der Waals surface area contributed by atoms with Gasteiger partial charge in [-0.2, -0.15) is 0 Å². The number of Topliss-reactive ketones (excluding diaryl/α,β-unsaturated/α-hetero) is 2. The molecule has 7 aromatic heterocycles. The number of anilines is 1. The minimum atomic E-state index is -1.01. The first-order valence-corrected chi connectivity index (χ1v) is 35.2. The zero-order chi connectivity index (χ0) is 67.3. The number of pyridine rings is 1. The number of carbonyl (C=O) groups is 8. The molecular formula is C63H71N13O12S6. The van der Waals surface area contributed by atoms with Crippen molar-refractivity contribution in [2.45, 2.75) is 103 Å². The van der Waals surface area contributed by atoms with Crippen LogP contribution in [0.25, 0.3) is 43.4 Å². The van der Waals surface area contributed by atoms with Crippen LogP contribution in [0.3, 0.4) is 0 Å². The summed E-state index contributed by atoms with van der Waals surface area (Å²) in [5.41, 5.74) is 9.81. The molecule has 1 aliphatic rings. The van der Waals surface area contributed by atoms with Crippen LogP contribution in [0.4, 0.5) is 10.6 Å². The van der Waals surface area contributed by atoms with Gasteiger partial charge in [0.2, 0.25) is 5.91 Å². The average molecular weight is 1390 g/mol. The third-order valence-electron chi connectivity index (χ3n) is 15.5. The van der Waals surface area contributed by atoms with Gasteiger partial charge in [0.05, 0.1) is 67.4 Å². The molecule has 94 heavy (non-hydrogen) atoms. The molecule has 4 atom stereocenters. The number of nitrogens with one attached hydrogen (secondary N) is 3. The summed E-state index contributed by atoms with van der Waals surface area (Å²) in [5, 5.41) is 29.1. The van der Waals surface area contributed by atoms with Crippen molar-refractivity contribution in [1.29, 1.82) is 0 Å². The second-order valence-electron chi connectivity index (χ2n) is 22.4. The molecule has 1 saturated heterocycles. The number of aliphatic hydroxyl groups excluding tert-OH is 1. The highest BCUT2D eigenvalue weighted by Gasteiger charge is 2.34. The van der Waals surface area contributed by atoms with Crippen LogP contribution < -0.4 is 26.6 Å². The SMILES string of the molecule is CNC(=O)C[C@H](NC(=O)c1csc(-c2ccc(-c3nc(N(CCCCC(=O)OC)C(=O)N4CCC(C(=O)OC)CC4)cs3)nc2-c2csc(-c3csc([C@@H](N)[C@@H](O)c4ccccc4)n3)n2)n1)c1nc(C(=O)C[C@@H](c2nc(C(=O)NCC(C)=O)c(COC)s2)C(C)C)c(C)s1. The van der Waals surface area contributed by atoms with Crippen LogP contribution in [-0.4, -0.2) is 147 Å². The molecule has 25 nitrogen and oxygen atoms in total. The number of nitrogens with two attached hydrogens (primary N) is 1. The summed E-state index contributed by atoms with van der Waals surface area (Å²) in [6.45, 7) is 7.83. The molecule has 1 aromatic carbocycles. The average Bonchev–Trinajstić information content (AvgIpc) is 1.61. The smallest absolute Gasteiger partial charge is 0.325 e. The Hall–Kier alpha value is -8.01. The number of aliphatic hydroxyl groups is 1. The number of thiazole rings is 6. The first kappa shape index (κ1) is 70.3. The largest absolute Gasteiger partial charge is 0.469 e. The van der Waals surface area contributed by atoms with Crippen LogP contribution >= 0.6 is 68.0 Å². The summed E-state index contributed by atoms with van der Waals surface area (Å²) < 4.78 is 15.2. The third kappa shape index (κ3) is 17.1. The van der Waals surface area contributed by atoms with Gasteiger partial charge < -0.3 is 45.9 Å². The Balaban J connectivity index is 1.00. The number of unbranched alkanes of at least 4 members (excludes halogenated alkanes) is 1. The van der Waals surface area contributed by atoms with Crippen molar-refractivity contribution < 1.29 is 57.7 Å². The second kappa shape index (κ2) is 32.4. The van der Waals surface area contributed by atoms with E-state index in [0.717, 1.165) is 0 Å². The molecule has 0 aliphatic carbocycles. The number of aryl methyl sites for hydroxylation is 1. The molecule has 6 N–H and O–H groups in total. The van der Waals surface area contributed by atoms with Gasteiger partial charge in [-0.25, -0.2) is 39.7 Å². The van der Waals surface area contributed by atoms with E-state index in [0.29, 0.717) is 118 Å². The summed E-state index contributed by atoms with van der Waals surface area (Å²) in [5.74, 6) is -3.24. The van der Waals surface area contributed by atoms with E-state index in [1.165, 1.54) is 103 Å². The Morgan fingerprint density at radius 3 is 2.16 bits per heavy atom. The number of piperidine rings is 1. The van der Waals surface area contributed by atoms with E-state index in [-0.39, 0.29) is 97.4 Å². The molecule has 8 aromatic rings. The van der Waals surface area contributed by atoms with Gasteiger partial charge in [0, 0.05) is 84.5 Å². The van der Waals surface area contributed by atoms with E-state index in [1.54, 1.807) is 51.7 Å². The lowest BCUT2D eigenvalue weighted by molar-refractivity contribution is -0.147. The minimum Gasteiger partial charge on any atom is -0.469 e. The van der Waals surface area contributed by atoms with Gasteiger partial charge in [0.1, 0.15) is 76.9 Å². The van der Waals surface area contributed by atoms with E-state index < -0.39 is 41.8 Å². The topological polar surface area (TPSA) is 343 Å². The Morgan fingerprint density at radius 1 is 0.745 bits per heavy atom. The summed E-state index contributed by atoms with van der Waals surface area (Å²) in [4.78, 5) is 144. The van der Waals surface area contributed by atoms with Crippen LogP contribution in [0.15, 0.2) is 64.0 Å². The van der Waals surface area contributed by atoms with E-state index in [4.69, 9.17) is 49.8 Å². The fourth-order valence-electron chi connectivity index (χ4n) is 10.3. The van der Waals surface area contributed by atoms with Gasteiger partial charge in [-0.15, -0.1) is 68.0 Å². The van der Waals surface area contributed by atoms with Crippen molar-refractivity contribution in [3.63, 3.8) is 0 Å². The van der Waals surface area contributed by atoms with Crippen molar-refractivity contribution in [3.8, 4) is 43.4 Å². The first-order valence-electron chi connectivity index (χ1n) is 30.0. The first-order chi connectivity index (χ1) is 45.2. The number of rotatable bonds is 29. The number of amides is 5. The van der Waals surface area contributed by atoms with E-state index >= 15 is 0 Å². The number of ether oxygens (including phenoxy) is 3. The van der Waals surface area contributed by atoms with E-state index in [2.05, 4.69) is 20.9 Å². The molecule has 0 saturated carbocycles. The molecule has 0 unspecified atom stereocenters. The number of methoxy groups -OCH3 is 3. The van der Waals surface area contributed by atoms with Gasteiger partial charge in [0.25, 0.3) is 11.8 Å². The number of hydrogen-bond acceptors (Lipinski definition) is 26. The van der Waals surface area contributed by atoms with Crippen molar-refractivity contribution in [2.75, 3.05) is 59.5 Å². The molecular weight excluding hydrogens is 1320 g/mol. The zero-order valence-electron chi connectivity index (χ0n) is 52.8. The second-order valence-corrected chi connectivity index (χ2v) is 28.2. The molecule has 0 bridgehead atoms. The van der Waals surface area contributed by atoms with Crippen molar-refractivity contribution >= 4 is 121 Å². The summed E-state index contributed by atoms with van der Waals surface area (Å²) in [6, 6.07) is 10.6. The number of ketones is 2. The summed E-state index contributed by atoms with van der Waals surface area (Å²) >= 11 is 7.49. The Morgan fingerprint density at radius 2 is 1.46 bits per heavy atom. The number of benzene rings is 1. The fraction of sp³-hybridized carbons (Fsp3) is 0.413. The number of esters is 2. The lowest BCUT2D eigenvalue weighted by Crippen LogP contribution is -2.48. The molecule has 0 spiro atoms. The standard InChI is InChI=1S/C63H71N13O12S6/c1-32(2)38(57-74-52(45(94-57)27-86-6)55(83)66-26-33(3)77)24-44(78)50-34(4)93-60(73-50)40(25-47(79)65-5)68-54(82)42-29-89-56(70-42)37-17-18-39(67-51(37)41-28-90-59(69-41)43-30-91-61(71-43)49(64)53(81)35-14-10-9-11-15-35)58-72-46(31-92-58)76(21-13-12-16-48(80)87-7)63(85)75-22-19-36(20-23-75)62(84)88-8/h9-11,14-15,17-18,28-32,36,38,40,49,53,81H,12-13,16,19-27,64H2,1-8H3,(H,65,79)(H,66,83)(H,68,82)/t38-,40+,49+,53+/m1/s1. The predicted molar refractivity (Wildman–Crippen MR) is 360 cm³/mol. The van der Waals surface area contributed by atoms with Crippen LogP contribution in [-0.2, 0) is 40.0 Å². The highest BCUT2D eigenvalue weighted by molar-refractivity contribution is 7.15. The van der Waals surface area contributed by atoms with Gasteiger partial charge in [-0.3, -0.25) is 38.5 Å². The number of hydrogen-bond donors (Lipinski definition) is 5. The van der Waals surface area contributed by atoms with Crippen LogP contribution in [0.2, 0.25) is 0 Å². The van der Waals surface area contributed by atoms with Gasteiger partial charge in [-0.1, -0.05) is 44.2 Å². The lowest BCUT2D eigenvalue weighted by Gasteiger charge is -2.34. The molecule has 9 rings (SSSR count). The fourth-order valence-corrected chi connectivity index (χ4v) is 15.8. The molecule has 1 aliphatic heterocycles. The Kier molecular flexibility index (Phi) is 24.2. The Labute approximate surface area is 566 Å². The molecule has 5 amide bonds. The molecule has 1 fully saturated rings. The van der Waals surface area contributed by atoms with Crippen molar-refractivity contribution in [2.24, 2.45) is 17.6 Å². The summed E-state index contributed by atoms with van der Waals surface area (Å²) in [6.07, 6.45) is 0.726. The van der Waals surface area contributed by atoms with E-state index in [1.807, 2.05) is 42.8 Å². The van der Waals surface area contributed by atoms with Gasteiger partial charge >= 0.3 is 18.0 Å². The van der Waals surface area contributed by atoms with Crippen LogP contribution in [0.1, 0.15) is 152 Å². The maximum absolute atomic E-state index is 14.5. The highest BCUT2D eigenvalue weighted by atomic mass is 32.1. The molecule has 31 heteroatoms.